The fourth-order valence-electron chi connectivity index (χ4n) is 2.54. The summed E-state index contributed by atoms with van der Waals surface area (Å²) in [7, 11) is 1.63. The second-order valence-corrected chi connectivity index (χ2v) is 5.93. The minimum atomic E-state index is -0.241. The van der Waals surface area contributed by atoms with Crippen molar-refractivity contribution >= 4 is 0 Å². The molecule has 2 rings (SSSR count). The quantitative estimate of drug-likeness (QED) is 0.873. The van der Waals surface area contributed by atoms with Crippen molar-refractivity contribution in [1.82, 2.24) is 10.2 Å². The normalized spacial score (nSPS) is 17.0. The summed E-state index contributed by atoms with van der Waals surface area (Å²) in [4.78, 5) is 2.19. The Morgan fingerprint density at radius 1 is 1.27 bits per heavy atom. The van der Waals surface area contributed by atoms with Gasteiger partial charge >= 0.3 is 0 Å². The highest BCUT2D eigenvalue weighted by Gasteiger charge is 2.23. The molecule has 1 heterocycles. The molecule has 0 radical (unpaired) electrons. The van der Waals surface area contributed by atoms with Gasteiger partial charge in [0.15, 0.2) is 11.5 Å². The van der Waals surface area contributed by atoms with Crippen molar-refractivity contribution in [3.8, 4) is 17.6 Å². The van der Waals surface area contributed by atoms with Crippen LogP contribution in [0, 0.1) is 17.2 Å². The summed E-state index contributed by atoms with van der Waals surface area (Å²) in [6, 6.07) is 7.96. The molecule has 5 heteroatoms. The SMILES string of the molecule is COc1cc(C(C#N)N2CCNCC2)ccc1OCC(C)C. The maximum absolute atomic E-state index is 9.56. The molecule has 0 saturated carbocycles. The second kappa shape index (κ2) is 8.02. The van der Waals surface area contributed by atoms with E-state index in [0.29, 0.717) is 18.3 Å². The predicted molar refractivity (Wildman–Crippen MR) is 86.1 cm³/mol. The third-order valence-corrected chi connectivity index (χ3v) is 3.71. The number of nitrogens with one attached hydrogen (secondary N) is 1. The Kier molecular flexibility index (Phi) is 6.05. The molecule has 1 aliphatic heterocycles. The largest absolute Gasteiger partial charge is 0.493 e. The molecule has 22 heavy (non-hydrogen) atoms. The van der Waals surface area contributed by atoms with E-state index in [0.717, 1.165) is 37.5 Å². The summed E-state index contributed by atoms with van der Waals surface area (Å²) >= 11 is 0. The first-order valence-electron chi connectivity index (χ1n) is 7.80. The van der Waals surface area contributed by atoms with Gasteiger partial charge in [-0.2, -0.15) is 5.26 Å². The number of piperazine rings is 1. The van der Waals surface area contributed by atoms with E-state index in [1.54, 1.807) is 7.11 Å². The highest BCUT2D eigenvalue weighted by molar-refractivity contribution is 5.45. The van der Waals surface area contributed by atoms with Gasteiger partial charge in [0.1, 0.15) is 6.04 Å². The first-order chi connectivity index (χ1) is 10.7. The molecule has 1 N–H and O–H groups in total. The average Bonchev–Trinajstić information content (AvgIpc) is 2.55. The Hall–Kier alpha value is -1.77. The molecule has 0 aliphatic carbocycles. The minimum absolute atomic E-state index is 0.241. The number of ether oxygens (including phenoxy) is 2. The van der Waals surface area contributed by atoms with E-state index in [2.05, 4.69) is 30.1 Å². The van der Waals surface area contributed by atoms with E-state index in [4.69, 9.17) is 9.47 Å². The van der Waals surface area contributed by atoms with Crippen molar-refractivity contribution in [2.75, 3.05) is 39.9 Å². The highest BCUT2D eigenvalue weighted by atomic mass is 16.5. The van der Waals surface area contributed by atoms with Crippen LogP contribution in [0.3, 0.4) is 0 Å². The monoisotopic (exact) mass is 303 g/mol. The van der Waals surface area contributed by atoms with E-state index < -0.39 is 0 Å². The number of hydrogen-bond acceptors (Lipinski definition) is 5. The highest BCUT2D eigenvalue weighted by Crippen LogP contribution is 2.32. The topological polar surface area (TPSA) is 57.5 Å². The van der Waals surface area contributed by atoms with E-state index >= 15 is 0 Å². The van der Waals surface area contributed by atoms with Crippen LogP contribution in [-0.4, -0.2) is 44.8 Å². The van der Waals surface area contributed by atoms with E-state index in [-0.39, 0.29) is 6.04 Å². The lowest BCUT2D eigenvalue weighted by Gasteiger charge is -2.31. The molecule has 1 aromatic rings. The third kappa shape index (κ3) is 4.12. The van der Waals surface area contributed by atoms with Gasteiger partial charge in [-0.05, 0) is 23.6 Å². The Bertz CT molecular complexity index is 519. The zero-order valence-electron chi connectivity index (χ0n) is 13.6. The lowest BCUT2D eigenvalue weighted by molar-refractivity contribution is 0.207. The Morgan fingerprint density at radius 2 is 2.00 bits per heavy atom. The fourth-order valence-corrected chi connectivity index (χ4v) is 2.54. The second-order valence-electron chi connectivity index (χ2n) is 5.93. The average molecular weight is 303 g/mol. The number of hydrogen-bond donors (Lipinski definition) is 1. The van der Waals surface area contributed by atoms with Gasteiger partial charge in [0.2, 0.25) is 0 Å². The molecule has 5 nitrogen and oxygen atoms in total. The molecule has 1 atom stereocenters. The zero-order chi connectivity index (χ0) is 15.9. The number of nitriles is 1. The summed E-state index contributed by atoms with van der Waals surface area (Å²) in [5.41, 5.74) is 0.957. The molecule has 0 aromatic heterocycles. The molecule has 1 unspecified atom stereocenters. The van der Waals surface area contributed by atoms with Crippen molar-refractivity contribution < 1.29 is 9.47 Å². The van der Waals surface area contributed by atoms with Gasteiger partial charge in [0, 0.05) is 26.2 Å². The van der Waals surface area contributed by atoms with Crippen LogP contribution in [0.5, 0.6) is 11.5 Å². The third-order valence-electron chi connectivity index (χ3n) is 3.71. The first kappa shape index (κ1) is 16.6. The van der Waals surface area contributed by atoms with Gasteiger partial charge in [-0.25, -0.2) is 0 Å². The molecule has 1 aromatic carbocycles. The zero-order valence-corrected chi connectivity index (χ0v) is 13.6. The van der Waals surface area contributed by atoms with Crippen molar-refractivity contribution in [1.29, 1.82) is 5.26 Å². The Morgan fingerprint density at radius 3 is 2.59 bits per heavy atom. The van der Waals surface area contributed by atoms with Gasteiger partial charge < -0.3 is 14.8 Å². The van der Waals surface area contributed by atoms with Crippen LogP contribution in [0.2, 0.25) is 0 Å². The lowest BCUT2D eigenvalue weighted by atomic mass is 10.0. The van der Waals surface area contributed by atoms with Crippen LogP contribution in [-0.2, 0) is 0 Å². The van der Waals surface area contributed by atoms with Crippen LogP contribution in [0.1, 0.15) is 25.5 Å². The van der Waals surface area contributed by atoms with E-state index in [1.165, 1.54) is 0 Å². The first-order valence-corrected chi connectivity index (χ1v) is 7.80. The van der Waals surface area contributed by atoms with Crippen LogP contribution >= 0.6 is 0 Å². The minimum Gasteiger partial charge on any atom is -0.493 e. The smallest absolute Gasteiger partial charge is 0.161 e. The van der Waals surface area contributed by atoms with Crippen molar-refractivity contribution in [3.63, 3.8) is 0 Å². The van der Waals surface area contributed by atoms with Gasteiger partial charge in [-0.3, -0.25) is 4.90 Å². The molecular formula is C17H25N3O2. The van der Waals surface area contributed by atoms with Crippen LogP contribution in [0.15, 0.2) is 18.2 Å². The maximum atomic E-state index is 9.56. The summed E-state index contributed by atoms with van der Waals surface area (Å²) in [5.74, 6) is 1.88. The van der Waals surface area contributed by atoms with E-state index in [9.17, 15) is 5.26 Å². The van der Waals surface area contributed by atoms with Gasteiger partial charge in [0.05, 0.1) is 19.8 Å². The van der Waals surface area contributed by atoms with Crippen LogP contribution in [0.25, 0.3) is 0 Å². The molecule has 1 saturated heterocycles. The van der Waals surface area contributed by atoms with Crippen molar-refractivity contribution in [3.05, 3.63) is 23.8 Å². The van der Waals surface area contributed by atoms with Gasteiger partial charge in [-0.15, -0.1) is 0 Å². The molecule has 0 amide bonds. The van der Waals surface area contributed by atoms with Crippen molar-refractivity contribution in [2.45, 2.75) is 19.9 Å². The molecule has 1 aliphatic rings. The lowest BCUT2D eigenvalue weighted by Crippen LogP contribution is -2.44. The Labute approximate surface area is 132 Å². The molecular weight excluding hydrogens is 278 g/mol. The number of nitrogens with zero attached hydrogens (tertiary/aromatic N) is 2. The van der Waals surface area contributed by atoms with Gasteiger partial charge in [0.25, 0.3) is 0 Å². The standard InChI is InChI=1S/C17H25N3O2/c1-13(2)12-22-16-5-4-14(10-17(16)21-3)15(11-18)20-8-6-19-7-9-20/h4-5,10,13,15,19H,6-9,12H2,1-3H3. The number of methoxy groups -OCH3 is 1. The van der Waals surface area contributed by atoms with Gasteiger partial charge in [-0.1, -0.05) is 19.9 Å². The molecule has 1 fully saturated rings. The summed E-state index contributed by atoms with van der Waals surface area (Å²) in [5, 5.41) is 12.9. The van der Waals surface area contributed by atoms with E-state index in [1.807, 2.05) is 18.2 Å². The summed E-state index contributed by atoms with van der Waals surface area (Å²) in [6.45, 7) is 8.47. The molecule has 0 spiro atoms. The number of benzene rings is 1. The predicted octanol–water partition coefficient (Wildman–Crippen LogP) is 2.20. The Balaban J connectivity index is 2.17. The fraction of sp³-hybridized carbons (Fsp3) is 0.588. The number of rotatable bonds is 6. The maximum Gasteiger partial charge on any atom is 0.161 e. The summed E-state index contributed by atoms with van der Waals surface area (Å²) < 4.78 is 11.2. The molecule has 120 valence electrons. The van der Waals surface area contributed by atoms with Crippen LogP contribution < -0.4 is 14.8 Å². The van der Waals surface area contributed by atoms with Crippen LogP contribution in [0.4, 0.5) is 0 Å². The summed E-state index contributed by atoms with van der Waals surface area (Å²) in [6.07, 6.45) is 0. The van der Waals surface area contributed by atoms with Crippen molar-refractivity contribution in [2.24, 2.45) is 5.92 Å². The molecule has 0 bridgehead atoms.